The third-order valence-corrected chi connectivity index (χ3v) is 8.68. The Morgan fingerprint density at radius 2 is 1.91 bits per heavy atom. The molecule has 0 aromatic carbocycles. The van der Waals surface area contributed by atoms with Crippen LogP contribution in [0.1, 0.15) is 65.7 Å². The van der Waals surface area contributed by atoms with Gasteiger partial charge in [-0.1, -0.05) is 20.8 Å². The maximum atomic E-state index is 12.2. The molecule has 4 fully saturated rings. The van der Waals surface area contributed by atoms with Crippen LogP contribution < -0.4 is 0 Å². The van der Waals surface area contributed by atoms with E-state index in [2.05, 4.69) is 25.7 Å². The fourth-order valence-electron chi connectivity index (χ4n) is 7.49. The van der Waals surface area contributed by atoms with Crippen LogP contribution in [0, 0.1) is 34.5 Å². The summed E-state index contributed by atoms with van der Waals surface area (Å²) < 4.78 is 0. The van der Waals surface area contributed by atoms with E-state index in [0.717, 1.165) is 43.9 Å². The van der Waals surface area contributed by atoms with E-state index in [-0.39, 0.29) is 11.5 Å². The van der Waals surface area contributed by atoms with Crippen LogP contribution in [0.3, 0.4) is 0 Å². The van der Waals surface area contributed by atoms with Crippen LogP contribution >= 0.6 is 0 Å². The van der Waals surface area contributed by atoms with Crippen molar-refractivity contribution in [3.63, 3.8) is 0 Å². The second-order valence-electron chi connectivity index (χ2n) is 9.82. The number of carbonyl (C=O) groups excluding carboxylic acids is 1. The average molecular weight is 319 g/mol. The molecule has 4 aliphatic rings. The Kier molecular flexibility index (Phi) is 3.44. The van der Waals surface area contributed by atoms with Crippen molar-refractivity contribution in [2.75, 3.05) is 7.05 Å². The fourth-order valence-corrected chi connectivity index (χ4v) is 7.49. The molecule has 3 aliphatic carbocycles. The summed E-state index contributed by atoms with van der Waals surface area (Å²) in [5.74, 6) is 3.17. The lowest BCUT2D eigenvalue weighted by Gasteiger charge is -2.63. The van der Waals surface area contributed by atoms with Gasteiger partial charge in [-0.3, -0.25) is 4.79 Å². The molecule has 23 heavy (non-hydrogen) atoms. The molecule has 0 aromatic rings. The Morgan fingerprint density at radius 3 is 2.65 bits per heavy atom. The van der Waals surface area contributed by atoms with Crippen LogP contribution in [0.25, 0.3) is 0 Å². The van der Waals surface area contributed by atoms with E-state index in [4.69, 9.17) is 0 Å². The van der Waals surface area contributed by atoms with Crippen molar-refractivity contribution in [1.29, 1.82) is 0 Å². The molecular formula is C20H33NO2. The standard InChI is InChI=1S/C20H33NO2/c1-12-9-16-20(3,8-6-17(23)21(16)4)14-5-7-19(2)11-13(22)10-15(19)18(12)14/h12-16,18,22H,5-11H2,1-4H3/t12-,13-,14?,15?,16-,18?,19+,20+/m0/s1. The second kappa shape index (κ2) is 4.97. The topological polar surface area (TPSA) is 40.5 Å². The number of nitrogens with zero attached hydrogens (tertiary/aromatic N) is 1. The predicted octanol–water partition coefficient (Wildman–Crippen LogP) is 3.46. The number of carbonyl (C=O) groups is 1. The molecule has 8 atom stereocenters. The Balaban J connectivity index is 1.70. The van der Waals surface area contributed by atoms with E-state index in [1.165, 1.54) is 12.8 Å². The van der Waals surface area contributed by atoms with Gasteiger partial charge in [0.2, 0.25) is 5.91 Å². The number of aliphatic hydroxyl groups excluding tert-OH is 1. The Bertz CT molecular complexity index is 520. The molecular weight excluding hydrogens is 286 g/mol. The highest BCUT2D eigenvalue weighted by Gasteiger charge is 2.61. The third kappa shape index (κ3) is 2.08. The highest BCUT2D eigenvalue weighted by atomic mass is 16.3. The second-order valence-corrected chi connectivity index (χ2v) is 9.82. The lowest BCUT2D eigenvalue weighted by atomic mass is 9.45. The Hall–Kier alpha value is -0.570. The van der Waals surface area contributed by atoms with E-state index < -0.39 is 0 Å². The number of hydrogen-bond donors (Lipinski definition) is 1. The van der Waals surface area contributed by atoms with E-state index in [1.54, 1.807) is 0 Å². The van der Waals surface area contributed by atoms with Crippen LogP contribution in [0.2, 0.25) is 0 Å². The highest BCUT2D eigenvalue weighted by Crippen LogP contribution is 2.65. The molecule has 0 bridgehead atoms. The van der Waals surface area contributed by atoms with Gasteiger partial charge in [0.1, 0.15) is 0 Å². The first-order valence-corrected chi connectivity index (χ1v) is 9.70. The summed E-state index contributed by atoms with van der Waals surface area (Å²) >= 11 is 0. The first-order valence-electron chi connectivity index (χ1n) is 9.70. The van der Waals surface area contributed by atoms with Crippen molar-refractivity contribution in [2.24, 2.45) is 34.5 Å². The molecule has 130 valence electrons. The Labute approximate surface area is 140 Å². The average Bonchev–Trinajstić information content (AvgIpc) is 2.80. The van der Waals surface area contributed by atoms with Crippen LogP contribution in [0.15, 0.2) is 0 Å². The molecule has 1 aliphatic heterocycles. The lowest BCUT2D eigenvalue weighted by molar-refractivity contribution is -0.164. The highest BCUT2D eigenvalue weighted by molar-refractivity contribution is 5.77. The summed E-state index contributed by atoms with van der Waals surface area (Å²) in [4.78, 5) is 14.3. The van der Waals surface area contributed by atoms with Gasteiger partial charge in [0.15, 0.2) is 0 Å². The van der Waals surface area contributed by atoms with E-state index >= 15 is 0 Å². The quantitative estimate of drug-likeness (QED) is 0.743. The maximum Gasteiger partial charge on any atom is 0.222 e. The van der Waals surface area contributed by atoms with Crippen molar-refractivity contribution in [2.45, 2.75) is 77.9 Å². The molecule has 1 saturated heterocycles. The molecule has 3 heteroatoms. The van der Waals surface area contributed by atoms with Gasteiger partial charge in [-0.15, -0.1) is 0 Å². The van der Waals surface area contributed by atoms with E-state index in [0.29, 0.717) is 29.2 Å². The van der Waals surface area contributed by atoms with Crippen molar-refractivity contribution in [3.05, 3.63) is 0 Å². The summed E-state index contributed by atoms with van der Waals surface area (Å²) in [6.07, 6.45) is 7.45. The molecule has 1 heterocycles. The largest absolute Gasteiger partial charge is 0.393 e. The van der Waals surface area contributed by atoms with Gasteiger partial charge in [-0.25, -0.2) is 0 Å². The zero-order valence-electron chi connectivity index (χ0n) is 15.2. The lowest BCUT2D eigenvalue weighted by Crippen LogP contribution is -2.62. The van der Waals surface area contributed by atoms with Crippen LogP contribution in [-0.2, 0) is 4.79 Å². The maximum absolute atomic E-state index is 12.2. The number of aliphatic hydroxyl groups is 1. The monoisotopic (exact) mass is 319 g/mol. The summed E-state index contributed by atoms with van der Waals surface area (Å²) in [5, 5.41) is 10.3. The molecule has 0 radical (unpaired) electrons. The fraction of sp³-hybridized carbons (Fsp3) is 0.950. The summed E-state index contributed by atoms with van der Waals surface area (Å²) in [6.45, 7) is 7.32. The number of rotatable bonds is 0. The number of hydrogen-bond acceptors (Lipinski definition) is 2. The van der Waals surface area contributed by atoms with Gasteiger partial charge in [-0.05, 0) is 73.0 Å². The summed E-state index contributed by atoms with van der Waals surface area (Å²) in [7, 11) is 2.03. The van der Waals surface area contributed by atoms with Gasteiger partial charge in [0, 0.05) is 19.5 Å². The number of fused-ring (bicyclic) bond motifs is 5. The number of amides is 1. The molecule has 0 spiro atoms. The minimum atomic E-state index is -0.0860. The molecule has 3 unspecified atom stereocenters. The van der Waals surface area contributed by atoms with Crippen molar-refractivity contribution in [1.82, 2.24) is 4.90 Å². The molecule has 3 saturated carbocycles. The molecule has 0 aromatic heterocycles. The first kappa shape index (κ1) is 15.9. The van der Waals surface area contributed by atoms with Gasteiger partial charge in [-0.2, -0.15) is 0 Å². The minimum absolute atomic E-state index is 0.0860. The SMILES string of the molecule is C[C@H]1C[C@@H]2N(C)C(=O)CC[C@]2(C)C2CC[C@]3(C)C[C@@H](O)CC3C21. The van der Waals surface area contributed by atoms with Crippen molar-refractivity contribution in [3.8, 4) is 0 Å². The van der Waals surface area contributed by atoms with Crippen molar-refractivity contribution >= 4 is 5.91 Å². The van der Waals surface area contributed by atoms with Gasteiger partial charge >= 0.3 is 0 Å². The first-order chi connectivity index (χ1) is 10.8. The van der Waals surface area contributed by atoms with Gasteiger partial charge in [0.05, 0.1) is 6.10 Å². The zero-order chi connectivity index (χ0) is 16.6. The minimum Gasteiger partial charge on any atom is -0.393 e. The summed E-state index contributed by atoms with van der Waals surface area (Å²) in [6, 6.07) is 0.427. The van der Waals surface area contributed by atoms with Crippen molar-refractivity contribution < 1.29 is 9.90 Å². The van der Waals surface area contributed by atoms with E-state index in [1.807, 2.05) is 7.05 Å². The van der Waals surface area contributed by atoms with Crippen LogP contribution in [0.5, 0.6) is 0 Å². The molecule has 1 N–H and O–H groups in total. The Morgan fingerprint density at radius 1 is 1.17 bits per heavy atom. The van der Waals surface area contributed by atoms with Gasteiger partial charge < -0.3 is 10.0 Å². The summed E-state index contributed by atoms with van der Waals surface area (Å²) in [5.41, 5.74) is 0.642. The van der Waals surface area contributed by atoms with Crippen LogP contribution in [0.4, 0.5) is 0 Å². The number of piperidine rings is 1. The normalized spacial score (nSPS) is 56.0. The number of likely N-dealkylation sites (tertiary alicyclic amines) is 1. The third-order valence-electron chi connectivity index (χ3n) is 8.68. The molecule has 3 nitrogen and oxygen atoms in total. The predicted molar refractivity (Wildman–Crippen MR) is 90.7 cm³/mol. The zero-order valence-corrected chi connectivity index (χ0v) is 15.2. The van der Waals surface area contributed by atoms with Crippen LogP contribution in [-0.4, -0.2) is 35.1 Å². The molecule has 1 amide bonds. The molecule has 4 rings (SSSR count). The smallest absolute Gasteiger partial charge is 0.222 e. The van der Waals surface area contributed by atoms with E-state index in [9.17, 15) is 9.90 Å². The van der Waals surface area contributed by atoms with Gasteiger partial charge in [0.25, 0.3) is 0 Å².